The maximum Gasteiger partial charge on any atom is 0.417 e. The van der Waals surface area contributed by atoms with Crippen LogP contribution in [-0.2, 0) is 42.4 Å². The van der Waals surface area contributed by atoms with Crippen LogP contribution in [0.25, 0.3) is 22.7 Å². The van der Waals surface area contributed by atoms with Crippen molar-refractivity contribution in [2.75, 3.05) is 10.7 Å². The second-order valence-corrected chi connectivity index (χ2v) is 18.4. The largest absolute Gasteiger partial charge is 0.444 e. The Morgan fingerprint density at radius 1 is 0.879 bits per heavy atom. The van der Waals surface area contributed by atoms with E-state index < -0.39 is 68.2 Å². The van der Waals surface area contributed by atoms with E-state index in [-0.39, 0.29) is 40.2 Å². The number of rotatable bonds is 7. The molecule has 2 aromatic heterocycles. The van der Waals surface area contributed by atoms with E-state index in [1.165, 1.54) is 29.2 Å². The molecule has 1 fully saturated rings. The zero-order chi connectivity index (χ0) is 42.3. The monoisotopic (exact) mass is 826 g/mol. The number of nitrogens with one attached hydrogen (secondary N) is 2. The fourth-order valence-corrected chi connectivity index (χ4v) is 8.41. The van der Waals surface area contributed by atoms with Crippen LogP contribution >= 0.6 is 0 Å². The van der Waals surface area contributed by atoms with Gasteiger partial charge in [-0.05, 0) is 90.3 Å². The van der Waals surface area contributed by atoms with Crippen LogP contribution in [-0.4, -0.2) is 64.7 Å². The highest BCUT2D eigenvalue weighted by molar-refractivity contribution is 7.91. The van der Waals surface area contributed by atoms with Gasteiger partial charge in [-0.3, -0.25) is 9.78 Å². The lowest BCUT2D eigenvalue weighted by Crippen LogP contribution is -2.51. The van der Waals surface area contributed by atoms with Crippen molar-refractivity contribution in [2.45, 2.75) is 114 Å². The van der Waals surface area contributed by atoms with E-state index in [4.69, 9.17) is 13.9 Å². The normalized spacial score (nSPS) is 18.1. The first kappa shape index (κ1) is 42.1. The summed E-state index contributed by atoms with van der Waals surface area (Å²) < 4.78 is 84.3. The second kappa shape index (κ2) is 15.7. The molecule has 0 bridgehead atoms. The van der Waals surface area contributed by atoms with Gasteiger partial charge in [0.1, 0.15) is 22.8 Å². The van der Waals surface area contributed by atoms with E-state index in [2.05, 4.69) is 25.8 Å². The summed E-state index contributed by atoms with van der Waals surface area (Å²) in [6.45, 7) is 9.95. The summed E-state index contributed by atoms with van der Waals surface area (Å²) in [6.07, 6.45) is -1.91. The van der Waals surface area contributed by atoms with Gasteiger partial charge in [-0.2, -0.15) is 13.2 Å². The van der Waals surface area contributed by atoms with Crippen LogP contribution in [0.4, 0.5) is 28.4 Å². The first-order valence-electron chi connectivity index (χ1n) is 18.7. The number of aromatic nitrogens is 3. The molecule has 4 aromatic rings. The molecule has 0 saturated heterocycles. The van der Waals surface area contributed by atoms with Crippen LogP contribution in [0.3, 0.4) is 0 Å². The van der Waals surface area contributed by atoms with Gasteiger partial charge in [-0.25, -0.2) is 18.0 Å². The third-order valence-electron chi connectivity index (χ3n) is 9.44. The number of carbonyl (C=O) groups excluding carboxylic acids is 3. The molecule has 1 saturated carbocycles. The third-order valence-corrected chi connectivity index (χ3v) is 11.2. The quantitative estimate of drug-likeness (QED) is 0.186. The summed E-state index contributed by atoms with van der Waals surface area (Å²) in [4.78, 5) is 45.2. The summed E-state index contributed by atoms with van der Waals surface area (Å²) in [7, 11) is -4.23. The molecule has 310 valence electrons. The van der Waals surface area contributed by atoms with Gasteiger partial charge in [0, 0.05) is 17.3 Å². The molecule has 0 unspecified atom stereocenters. The van der Waals surface area contributed by atoms with Crippen LogP contribution in [0.2, 0.25) is 0 Å². The third kappa shape index (κ3) is 9.77. The van der Waals surface area contributed by atoms with Gasteiger partial charge in [0.2, 0.25) is 11.8 Å². The van der Waals surface area contributed by atoms with Gasteiger partial charge in [0.25, 0.3) is 5.91 Å². The molecule has 2 aliphatic rings. The van der Waals surface area contributed by atoms with Crippen molar-refractivity contribution in [1.29, 1.82) is 0 Å². The number of amides is 3. The predicted octanol–water partition coefficient (Wildman–Crippen LogP) is 7.72. The summed E-state index contributed by atoms with van der Waals surface area (Å²) in [6, 6.07) is 11.4. The molecular weight excluding hydrogens is 782 g/mol. The van der Waals surface area contributed by atoms with Gasteiger partial charge in [-0.1, -0.05) is 43.5 Å². The van der Waals surface area contributed by atoms with Crippen molar-refractivity contribution in [3.63, 3.8) is 0 Å². The molecule has 14 nitrogen and oxygen atoms in total. The number of fused-ring (bicyclic) bond motifs is 1. The van der Waals surface area contributed by atoms with Crippen LogP contribution < -0.4 is 15.5 Å². The molecule has 1 atom stereocenters. The number of hydrogen-bond donors (Lipinski definition) is 2. The van der Waals surface area contributed by atoms with Crippen molar-refractivity contribution >= 4 is 33.6 Å². The first-order chi connectivity index (χ1) is 27.0. The van der Waals surface area contributed by atoms with Gasteiger partial charge in [0.05, 0.1) is 34.1 Å². The lowest BCUT2D eigenvalue weighted by molar-refractivity contribution is -0.137. The Balaban J connectivity index is 1.37. The molecule has 0 spiro atoms. The molecule has 58 heavy (non-hydrogen) atoms. The smallest absolute Gasteiger partial charge is 0.417 e. The zero-order valence-corrected chi connectivity index (χ0v) is 33.7. The Kier molecular flexibility index (Phi) is 11.4. The predicted molar refractivity (Wildman–Crippen MR) is 205 cm³/mol. The summed E-state index contributed by atoms with van der Waals surface area (Å²) in [5.41, 5.74) is -2.05. The van der Waals surface area contributed by atoms with E-state index >= 15 is 0 Å². The Morgan fingerprint density at radius 2 is 1.52 bits per heavy atom. The lowest BCUT2D eigenvalue weighted by Gasteiger charge is -2.35. The highest BCUT2D eigenvalue weighted by atomic mass is 32.2. The van der Waals surface area contributed by atoms with E-state index in [0.29, 0.717) is 24.0 Å². The van der Waals surface area contributed by atoms with Crippen molar-refractivity contribution in [3.8, 4) is 22.7 Å². The van der Waals surface area contributed by atoms with Crippen LogP contribution in [0.15, 0.2) is 70.1 Å². The van der Waals surface area contributed by atoms with Crippen LogP contribution in [0.1, 0.15) is 90.7 Å². The number of benzene rings is 2. The second-order valence-electron chi connectivity index (χ2n) is 16.4. The fourth-order valence-electron chi connectivity index (χ4n) is 6.80. The maximum atomic E-state index is 14.4. The molecule has 0 radical (unpaired) electrons. The van der Waals surface area contributed by atoms with Gasteiger partial charge >= 0.3 is 18.4 Å². The average molecular weight is 827 g/mol. The van der Waals surface area contributed by atoms with Crippen LogP contribution in [0.5, 0.6) is 0 Å². The molecule has 1 aliphatic heterocycles. The number of alkyl halides is 3. The minimum absolute atomic E-state index is 0.000365. The highest BCUT2D eigenvalue weighted by Gasteiger charge is 2.43. The number of sulfone groups is 1. The first-order valence-corrected chi connectivity index (χ1v) is 20.3. The van der Waals surface area contributed by atoms with Crippen molar-refractivity contribution in [2.24, 2.45) is 0 Å². The number of alkyl carbamates (subject to hydrolysis) is 2. The molecule has 1 aliphatic carbocycles. The molecule has 3 amide bonds. The minimum atomic E-state index is -4.54. The zero-order valence-electron chi connectivity index (χ0n) is 32.9. The van der Waals surface area contributed by atoms with Crippen molar-refractivity contribution in [1.82, 2.24) is 25.8 Å². The van der Waals surface area contributed by atoms with Crippen LogP contribution in [0, 0.1) is 0 Å². The van der Waals surface area contributed by atoms with E-state index in [1.54, 1.807) is 65.8 Å². The Labute approximate surface area is 333 Å². The average Bonchev–Trinajstić information content (AvgIpc) is 3.61. The molecule has 3 heterocycles. The molecule has 2 N–H and O–H groups in total. The Hall–Kier alpha value is -5.52. The Bertz CT molecular complexity index is 2280. The molecule has 18 heteroatoms. The fraction of sp³-hybridized carbons (Fsp3) is 0.450. The number of halogens is 3. The number of nitrogens with zero attached hydrogens (tertiary/aromatic N) is 4. The minimum Gasteiger partial charge on any atom is -0.444 e. The molecular formula is C40H45F3N6O8S. The topological polar surface area (TPSA) is 183 Å². The van der Waals surface area contributed by atoms with Gasteiger partial charge < -0.3 is 29.4 Å². The standard InChI is InChI=1S/C40H45F3N6O8S/c1-37(2,3)56-35(51)45-29-23-58(53,54)31-17-14-26(32-47-48-34(55-32)39(18-8-7-9-19-39)46-36(52)57-38(4,5)6)20-30(31)49(33(29)50)22-24-10-12-25(13-11-24)28-16-15-27(21-44-28)40(41,42)43/h10-17,20-21,29H,7-9,18-19,22-23H2,1-6H3,(H,45,51)(H,46,52)/t29-/m0/s1. The van der Waals surface area contributed by atoms with Crippen molar-refractivity contribution in [3.05, 3.63) is 77.8 Å². The summed E-state index contributed by atoms with van der Waals surface area (Å²) in [5.74, 6) is -1.38. The number of ether oxygens (including phenoxy) is 2. The number of pyridine rings is 1. The van der Waals surface area contributed by atoms with E-state index in [9.17, 15) is 36.0 Å². The Morgan fingerprint density at radius 3 is 2.12 bits per heavy atom. The molecule has 6 rings (SSSR count). The van der Waals surface area contributed by atoms with Gasteiger partial charge in [-0.15, -0.1) is 10.2 Å². The summed E-state index contributed by atoms with van der Waals surface area (Å²) >= 11 is 0. The molecule has 2 aromatic carbocycles. The van der Waals surface area contributed by atoms with Crippen molar-refractivity contribution < 1.29 is 49.9 Å². The SMILES string of the molecule is CC(C)(C)OC(=O)N[C@H]1CS(=O)(=O)c2ccc(-c3nnc(C4(NC(=O)OC(C)(C)C)CCCCC4)o3)cc2N(Cc2ccc(-c3ccc(C(F)(F)F)cn3)cc2)C1=O. The number of hydrogen-bond acceptors (Lipinski definition) is 11. The maximum absolute atomic E-state index is 14.4. The lowest BCUT2D eigenvalue weighted by atomic mass is 9.81. The van der Waals surface area contributed by atoms with Gasteiger partial charge in [0.15, 0.2) is 9.84 Å². The van der Waals surface area contributed by atoms with E-state index in [0.717, 1.165) is 31.5 Å². The number of anilines is 1. The highest BCUT2D eigenvalue weighted by Crippen LogP contribution is 2.40. The van der Waals surface area contributed by atoms with E-state index in [1.807, 2.05) is 0 Å². The number of carbonyl (C=O) groups is 3. The summed E-state index contributed by atoms with van der Waals surface area (Å²) in [5, 5.41) is 14.0.